The number of anilines is 2. The van der Waals surface area contributed by atoms with E-state index in [-0.39, 0.29) is 22.7 Å². The van der Waals surface area contributed by atoms with Crippen molar-refractivity contribution in [2.24, 2.45) is 0 Å². The van der Waals surface area contributed by atoms with Gasteiger partial charge in [0.1, 0.15) is 5.54 Å². The smallest absolute Gasteiger partial charge is 0.273 e. The third kappa shape index (κ3) is 1.92. The summed E-state index contributed by atoms with van der Waals surface area (Å²) in [7, 11) is 0. The van der Waals surface area contributed by atoms with Crippen LogP contribution in [0.2, 0.25) is 0 Å². The van der Waals surface area contributed by atoms with Crippen LogP contribution in [0.1, 0.15) is 20.8 Å². The molecule has 0 aromatic heterocycles. The van der Waals surface area contributed by atoms with Gasteiger partial charge in [-0.25, -0.2) is 10.0 Å². The number of rotatable bonds is 2. The Kier molecular flexibility index (Phi) is 2.95. The third-order valence-corrected chi connectivity index (χ3v) is 3.06. The Morgan fingerprint density at radius 1 is 1.32 bits per heavy atom. The molecule has 0 aliphatic carbocycles. The number of carbonyl (C=O) groups is 2. The number of nitrogens with zero attached hydrogens (tertiary/aromatic N) is 3. The number of amides is 2. The molecule has 2 amide bonds. The highest BCUT2D eigenvalue weighted by molar-refractivity contribution is 6.10. The monoisotopic (exact) mass is 264 g/mol. The van der Waals surface area contributed by atoms with Crippen LogP contribution in [0.5, 0.6) is 0 Å². The van der Waals surface area contributed by atoms with Crippen molar-refractivity contribution in [2.45, 2.75) is 26.3 Å². The summed E-state index contributed by atoms with van der Waals surface area (Å²) < 4.78 is 0. The summed E-state index contributed by atoms with van der Waals surface area (Å²) in [6.07, 6.45) is 0. The van der Waals surface area contributed by atoms with Gasteiger partial charge in [-0.05, 0) is 38.1 Å². The molecule has 7 nitrogen and oxygen atoms in total. The summed E-state index contributed by atoms with van der Waals surface area (Å²) in [6.45, 7) is 4.70. The van der Waals surface area contributed by atoms with Gasteiger partial charge in [0.05, 0.1) is 11.4 Å². The fourth-order valence-electron chi connectivity index (χ4n) is 2.13. The Hall–Kier alpha value is -2.12. The number of hydrogen-bond donors (Lipinski definition) is 1. The molecule has 1 aromatic rings. The highest BCUT2D eigenvalue weighted by Crippen LogP contribution is 2.36. The maximum atomic E-state index is 12.0. The van der Waals surface area contributed by atoms with Crippen molar-refractivity contribution in [3.63, 3.8) is 0 Å². The lowest BCUT2D eigenvalue weighted by molar-refractivity contribution is -0.161. The van der Waals surface area contributed by atoms with Crippen molar-refractivity contribution in [2.75, 3.05) is 10.2 Å². The van der Waals surface area contributed by atoms with Gasteiger partial charge in [0, 0.05) is 6.92 Å². The van der Waals surface area contributed by atoms with Gasteiger partial charge >= 0.3 is 0 Å². The molecule has 0 atom stereocenters. The second kappa shape index (κ2) is 4.22. The minimum atomic E-state index is -0.869. The predicted molar refractivity (Wildman–Crippen MR) is 68.2 cm³/mol. The number of hydrazine groups is 1. The van der Waals surface area contributed by atoms with Crippen LogP contribution >= 0.6 is 0 Å². The first kappa shape index (κ1) is 13.3. The van der Waals surface area contributed by atoms with E-state index in [1.807, 2.05) is 0 Å². The zero-order valence-electron chi connectivity index (χ0n) is 10.8. The van der Waals surface area contributed by atoms with Crippen molar-refractivity contribution >= 4 is 23.2 Å². The van der Waals surface area contributed by atoms with Gasteiger partial charge in [-0.2, -0.15) is 0 Å². The Morgan fingerprint density at radius 3 is 2.26 bits per heavy atom. The van der Waals surface area contributed by atoms with E-state index in [0.29, 0.717) is 5.69 Å². The van der Waals surface area contributed by atoms with Gasteiger partial charge in [-0.1, -0.05) is 0 Å². The first-order valence-corrected chi connectivity index (χ1v) is 5.68. The first-order valence-electron chi connectivity index (χ1n) is 5.68. The molecule has 1 saturated heterocycles. The van der Waals surface area contributed by atoms with Crippen LogP contribution < -0.4 is 10.2 Å². The topological polar surface area (TPSA) is 87.2 Å². The third-order valence-electron chi connectivity index (χ3n) is 3.06. The van der Waals surface area contributed by atoms with E-state index < -0.39 is 5.54 Å². The van der Waals surface area contributed by atoms with Crippen LogP contribution in [0.25, 0.3) is 0 Å². The molecule has 0 spiro atoms. The van der Waals surface area contributed by atoms with E-state index in [9.17, 15) is 14.8 Å². The summed E-state index contributed by atoms with van der Waals surface area (Å²) in [5.41, 5.74) is -0.359. The average molecular weight is 264 g/mol. The Morgan fingerprint density at radius 2 is 1.84 bits per heavy atom. The fourth-order valence-corrected chi connectivity index (χ4v) is 2.13. The molecule has 2 rings (SSSR count). The molecule has 1 heterocycles. The van der Waals surface area contributed by atoms with Gasteiger partial charge in [-0.3, -0.25) is 14.8 Å². The molecule has 1 aliphatic heterocycles. The Balaban J connectivity index is 2.31. The molecule has 19 heavy (non-hydrogen) atoms. The van der Waals surface area contributed by atoms with E-state index in [1.165, 1.54) is 41.2 Å². The Labute approximate surface area is 110 Å². The van der Waals surface area contributed by atoms with Crippen LogP contribution in [-0.4, -0.2) is 27.6 Å². The van der Waals surface area contributed by atoms with E-state index in [1.54, 1.807) is 13.8 Å². The fraction of sp³-hybridized carbons (Fsp3) is 0.333. The van der Waals surface area contributed by atoms with Crippen LogP contribution in [-0.2, 0) is 9.59 Å². The van der Waals surface area contributed by atoms with Crippen molar-refractivity contribution in [1.29, 1.82) is 0 Å². The summed E-state index contributed by atoms with van der Waals surface area (Å²) in [4.78, 5) is 23.6. The number of benzene rings is 1. The lowest BCUT2D eigenvalue weighted by Gasteiger charge is -2.54. The lowest BCUT2D eigenvalue weighted by Crippen LogP contribution is -2.76. The van der Waals surface area contributed by atoms with Gasteiger partial charge in [0.15, 0.2) is 0 Å². The van der Waals surface area contributed by atoms with Crippen molar-refractivity contribution < 1.29 is 14.8 Å². The molecule has 0 saturated carbocycles. The van der Waals surface area contributed by atoms with Crippen LogP contribution in [0.15, 0.2) is 24.3 Å². The van der Waals surface area contributed by atoms with Crippen molar-refractivity contribution in [3.8, 4) is 0 Å². The maximum Gasteiger partial charge on any atom is 0.273 e. The predicted octanol–water partition coefficient (Wildman–Crippen LogP) is 1.27. The Bertz CT molecular complexity index is 524. The summed E-state index contributed by atoms with van der Waals surface area (Å²) >= 11 is 0. The second-order valence-electron chi connectivity index (χ2n) is 4.80. The van der Waals surface area contributed by atoms with E-state index in [0.717, 1.165) is 0 Å². The molecule has 1 aliphatic rings. The van der Waals surface area contributed by atoms with Gasteiger partial charge in [-0.15, -0.1) is 0 Å². The first-order chi connectivity index (χ1) is 8.76. The standard InChI is InChI=1S/C12H14N3O4/c1-8(16)14-12(2,3)11(17)13(14)9-4-6-10(7-5-9)15(18)19/h4-7,18H,1-3H3/q-1. The van der Waals surface area contributed by atoms with Gasteiger partial charge in [0.2, 0.25) is 5.91 Å². The summed E-state index contributed by atoms with van der Waals surface area (Å²) in [5, 5.41) is 21.7. The highest BCUT2D eigenvalue weighted by Gasteiger charge is 2.54. The normalized spacial score (nSPS) is 17.2. The molecule has 7 heteroatoms. The molecule has 0 unspecified atom stereocenters. The van der Waals surface area contributed by atoms with E-state index >= 15 is 0 Å². The zero-order valence-corrected chi connectivity index (χ0v) is 10.8. The van der Waals surface area contributed by atoms with E-state index in [2.05, 4.69) is 0 Å². The van der Waals surface area contributed by atoms with Crippen LogP contribution in [0, 0.1) is 5.21 Å². The SMILES string of the molecule is CC(=O)N1N(c2ccc(N([O-])O)cc2)C(=O)C1(C)C. The summed E-state index contributed by atoms with van der Waals surface area (Å²) in [6, 6.07) is 5.69. The minimum absolute atomic E-state index is 0.0466. The number of hydrogen-bond acceptors (Lipinski definition) is 5. The van der Waals surface area contributed by atoms with Gasteiger partial charge in [0.25, 0.3) is 5.91 Å². The summed E-state index contributed by atoms with van der Waals surface area (Å²) in [5.74, 6) is -0.459. The molecule has 0 bridgehead atoms. The largest absolute Gasteiger partial charge is 0.733 e. The number of carbonyl (C=O) groups excluding carboxylic acids is 2. The zero-order chi connectivity index (χ0) is 14.4. The van der Waals surface area contributed by atoms with Crippen molar-refractivity contribution in [3.05, 3.63) is 29.5 Å². The molecule has 1 fully saturated rings. The quantitative estimate of drug-likeness (QED) is 0.813. The second-order valence-corrected chi connectivity index (χ2v) is 4.80. The maximum absolute atomic E-state index is 12.0. The van der Waals surface area contributed by atoms with Gasteiger partial charge < -0.3 is 10.4 Å². The molecular formula is C12H14N3O4-. The molecule has 0 radical (unpaired) electrons. The van der Waals surface area contributed by atoms with E-state index in [4.69, 9.17) is 5.21 Å². The van der Waals surface area contributed by atoms with Crippen LogP contribution in [0.4, 0.5) is 11.4 Å². The van der Waals surface area contributed by atoms with Crippen molar-refractivity contribution in [1.82, 2.24) is 5.01 Å². The van der Waals surface area contributed by atoms with Crippen LogP contribution in [0.3, 0.4) is 0 Å². The molecule has 1 aromatic carbocycles. The molecular weight excluding hydrogens is 250 g/mol. The minimum Gasteiger partial charge on any atom is -0.733 e. The highest BCUT2D eigenvalue weighted by atomic mass is 16.8. The molecule has 1 N–H and O–H groups in total. The lowest BCUT2D eigenvalue weighted by atomic mass is 9.96. The molecule has 102 valence electrons. The average Bonchev–Trinajstić information content (AvgIpc) is 2.34.